The molecule has 1 aromatic rings. The van der Waals surface area contributed by atoms with Gasteiger partial charge in [0.25, 0.3) is 11.8 Å². The minimum atomic E-state index is -0.921. The van der Waals surface area contributed by atoms with E-state index in [2.05, 4.69) is 15.5 Å². The van der Waals surface area contributed by atoms with Crippen LogP contribution in [0.2, 0.25) is 0 Å². The Morgan fingerprint density at radius 3 is 2.34 bits per heavy atom. The molecule has 0 radical (unpaired) electrons. The van der Waals surface area contributed by atoms with Gasteiger partial charge in [0, 0.05) is 37.5 Å². The number of rotatable bonds is 12. The van der Waals surface area contributed by atoms with Crippen LogP contribution in [0.4, 0.5) is 0 Å². The summed E-state index contributed by atoms with van der Waals surface area (Å²) in [6.45, 7) is 5.81. The fraction of sp³-hybridized carbons (Fsp3) is 0.615. The zero-order valence-electron chi connectivity index (χ0n) is 20.4. The zero-order valence-corrected chi connectivity index (χ0v) is 21.2. The molecule has 3 heterocycles. The summed E-state index contributed by atoms with van der Waals surface area (Å²) in [5, 5.41) is 5.63. The van der Waals surface area contributed by atoms with Gasteiger partial charge in [-0.1, -0.05) is 38.2 Å². The molecule has 0 saturated carbocycles. The van der Waals surface area contributed by atoms with Crippen molar-refractivity contribution in [2.75, 3.05) is 38.5 Å². The van der Waals surface area contributed by atoms with Crippen molar-refractivity contribution in [3.63, 3.8) is 0 Å². The molecular formula is C26H36N4O4S. The van der Waals surface area contributed by atoms with Gasteiger partial charge in [-0.15, -0.1) is 11.8 Å². The van der Waals surface area contributed by atoms with Crippen LogP contribution in [0.1, 0.15) is 78.5 Å². The maximum atomic E-state index is 13.1. The topological polar surface area (TPSA) is 98.8 Å². The van der Waals surface area contributed by atoms with Crippen molar-refractivity contribution in [3.05, 3.63) is 29.3 Å². The molecule has 4 rings (SSSR count). The highest BCUT2D eigenvalue weighted by Gasteiger charge is 2.45. The van der Waals surface area contributed by atoms with E-state index in [4.69, 9.17) is 0 Å². The Hall–Kier alpha value is -2.23. The molecule has 3 aliphatic heterocycles. The zero-order chi connectivity index (χ0) is 24.6. The van der Waals surface area contributed by atoms with Crippen LogP contribution in [0, 0.1) is 0 Å². The molecule has 1 aromatic carbocycles. The van der Waals surface area contributed by atoms with Crippen molar-refractivity contribution >= 4 is 35.4 Å². The van der Waals surface area contributed by atoms with E-state index in [1.807, 2.05) is 6.07 Å². The third kappa shape index (κ3) is 6.51. The summed E-state index contributed by atoms with van der Waals surface area (Å²) >= 11 is 1.60. The number of carbonyl (C=O) groups is 4. The van der Waals surface area contributed by atoms with Crippen molar-refractivity contribution in [2.24, 2.45) is 0 Å². The van der Waals surface area contributed by atoms with Gasteiger partial charge in [0.2, 0.25) is 11.8 Å². The summed E-state index contributed by atoms with van der Waals surface area (Å²) in [7, 11) is 0. The van der Waals surface area contributed by atoms with E-state index < -0.39 is 23.8 Å². The highest BCUT2D eigenvalue weighted by Crippen LogP contribution is 2.34. The molecule has 0 aromatic heterocycles. The molecule has 1 unspecified atom stereocenters. The number of amides is 4. The number of imide groups is 2. The summed E-state index contributed by atoms with van der Waals surface area (Å²) < 4.78 is 0. The normalized spacial score (nSPS) is 20.9. The van der Waals surface area contributed by atoms with Crippen molar-refractivity contribution in [2.45, 2.75) is 68.7 Å². The first kappa shape index (κ1) is 25.9. The molecule has 0 bridgehead atoms. The average molecular weight is 501 g/mol. The number of nitrogens with zero attached hydrogens (tertiary/aromatic N) is 2. The fourth-order valence-electron chi connectivity index (χ4n) is 5.04. The largest absolute Gasteiger partial charge is 0.314 e. The lowest BCUT2D eigenvalue weighted by Crippen LogP contribution is -2.54. The molecule has 35 heavy (non-hydrogen) atoms. The van der Waals surface area contributed by atoms with Crippen molar-refractivity contribution < 1.29 is 19.2 Å². The average Bonchev–Trinajstić information content (AvgIpc) is 3.11. The summed E-state index contributed by atoms with van der Waals surface area (Å²) in [4.78, 5) is 54.2. The lowest BCUT2D eigenvalue weighted by Gasteiger charge is -2.27. The lowest BCUT2D eigenvalue weighted by molar-refractivity contribution is -0.136. The Bertz CT molecular complexity index is 947. The number of hydrogen-bond acceptors (Lipinski definition) is 7. The number of hydrogen-bond donors (Lipinski definition) is 2. The van der Waals surface area contributed by atoms with Gasteiger partial charge in [0.1, 0.15) is 6.04 Å². The number of piperazine rings is 1. The van der Waals surface area contributed by atoms with Crippen LogP contribution in [-0.4, -0.2) is 77.9 Å². The van der Waals surface area contributed by atoms with E-state index in [1.54, 1.807) is 23.9 Å². The van der Waals surface area contributed by atoms with Crippen molar-refractivity contribution in [1.29, 1.82) is 0 Å². The second-order valence-electron chi connectivity index (χ2n) is 9.54. The van der Waals surface area contributed by atoms with Gasteiger partial charge in [0.15, 0.2) is 0 Å². The number of unbranched alkanes of at least 4 members (excludes halogenated alkanes) is 6. The number of benzene rings is 1. The Labute approximate surface area is 211 Å². The van der Waals surface area contributed by atoms with Crippen molar-refractivity contribution in [3.8, 4) is 0 Å². The molecule has 0 aliphatic carbocycles. The van der Waals surface area contributed by atoms with E-state index in [-0.39, 0.29) is 18.7 Å². The number of nitrogens with one attached hydrogen (secondary N) is 2. The monoisotopic (exact) mass is 500 g/mol. The van der Waals surface area contributed by atoms with Gasteiger partial charge in [-0.3, -0.25) is 29.4 Å². The van der Waals surface area contributed by atoms with E-state index in [1.165, 1.54) is 51.7 Å². The predicted octanol–water partition coefficient (Wildman–Crippen LogP) is 2.82. The Morgan fingerprint density at radius 1 is 0.886 bits per heavy atom. The minimum Gasteiger partial charge on any atom is -0.314 e. The molecule has 2 saturated heterocycles. The van der Waals surface area contributed by atoms with Crippen molar-refractivity contribution in [1.82, 2.24) is 20.4 Å². The number of fused-ring (bicyclic) bond motifs is 1. The molecule has 2 N–H and O–H groups in total. The molecule has 190 valence electrons. The van der Waals surface area contributed by atoms with Crippen LogP contribution in [0.3, 0.4) is 0 Å². The third-order valence-corrected chi connectivity index (χ3v) is 8.16. The second-order valence-corrected chi connectivity index (χ2v) is 10.7. The molecule has 2 fully saturated rings. The number of piperidine rings is 1. The first-order valence-electron chi connectivity index (χ1n) is 13.0. The number of thioether (sulfide) groups is 1. The summed E-state index contributed by atoms with van der Waals surface area (Å²) in [6, 6.07) is 4.39. The number of carbonyl (C=O) groups excluding carboxylic acids is 4. The highest BCUT2D eigenvalue weighted by molar-refractivity contribution is 7.99. The third-order valence-electron chi connectivity index (χ3n) is 7.02. The Balaban J connectivity index is 1.17. The van der Waals surface area contributed by atoms with E-state index in [9.17, 15) is 19.2 Å². The first-order valence-corrected chi connectivity index (χ1v) is 14.0. The van der Waals surface area contributed by atoms with Crippen LogP contribution in [-0.2, 0) is 9.59 Å². The summed E-state index contributed by atoms with van der Waals surface area (Å²) in [5.41, 5.74) is 0.752. The van der Waals surface area contributed by atoms with E-state index in [0.29, 0.717) is 11.1 Å². The predicted molar refractivity (Wildman–Crippen MR) is 135 cm³/mol. The van der Waals surface area contributed by atoms with Gasteiger partial charge < -0.3 is 10.2 Å². The molecule has 3 aliphatic rings. The molecule has 8 nitrogen and oxygen atoms in total. The second kappa shape index (κ2) is 12.6. The summed E-state index contributed by atoms with van der Waals surface area (Å²) in [6.07, 6.45) is 8.90. The van der Waals surface area contributed by atoms with Crippen LogP contribution in [0.25, 0.3) is 0 Å². The summed E-state index contributed by atoms with van der Waals surface area (Å²) in [5.74, 6) is -0.926. The maximum absolute atomic E-state index is 13.1. The molecule has 4 amide bonds. The standard InChI is InChI=1S/C26H36N4O4S/c31-22-12-11-20(24(32)28-22)30-25(33)19-9-8-10-21(23(19)26(30)34)35-18-7-5-3-1-2-4-6-15-29-16-13-27-14-17-29/h8-10,20,27H,1-7,11-18H2,(H,28,31,32). The van der Waals surface area contributed by atoms with Crippen LogP contribution >= 0.6 is 11.8 Å². The van der Waals surface area contributed by atoms with Crippen LogP contribution < -0.4 is 10.6 Å². The minimum absolute atomic E-state index is 0.127. The Morgan fingerprint density at radius 2 is 1.60 bits per heavy atom. The fourth-order valence-corrected chi connectivity index (χ4v) is 6.13. The van der Waals surface area contributed by atoms with Gasteiger partial charge in [-0.05, 0) is 43.7 Å². The SMILES string of the molecule is O=C1CCC(N2C(=O)c3cccc(SCCCCCCCCCN4CCNCC4)c3C2=O)C(=O)N1. The van der Waals surface area contributed by atoms with E-state index >= 15 is 0 Å². The Kier molecular flexibility index (Phi) is 9.34. The van der Waals surface area contributed by atoms with E-state index in [0.717, 1.165) is 41.5 Å². The molecule has 9 heteroatoms. The van der Waals surface area contributed by atoms with Gasteiger partial charge >= 0.3 is 0 Å². The quantitative estimate of drug-likeness (QED) is 0.259. The first-order chi connectivity index (χ1) is 17.1. The smallest absolute Gasteiger partial charge is 0.263 e. The lowest BCUT2D eigenvalue weighted by atomic mass is 10.0. The highest BCUT2D eigenvalue weighted by atomic mass is 32.2. The van der Waals surface area contributed by atoms with Gasteiger partial charge in [-0.2, -0.15) is 0 Å². The van der Waals surface area contributed by atoms with Crippen LogP contribution in [0.15, 0.2) is 23.1 Å². The molecule has 0 spiro atoms. The maximum Gasteiger partial charge on any atom is 0.263 e. The van der Waals surface area contributed by atoms with Gasteiger partial charge in [-0.25, -0.2) is 0 Å². The molecular weight excluding hydrogens is 464 g/mol. The molecule has 1 atom stereocenters. The van der Waals surface area contributed by atoms with Gasteiger partial charge in [0.05, 0.1) is 11.1 Å². The van der Waals surface area contributed by atoms with Crippen LogP contribution in [0.5, 0.6) is 0 Å².